The standard InChI is InChI=1S/C37H43FN6O3/c1-3-43(4-2)30-16-13-27-23-31(36(46)47-34(27)24-30)35(45)39-19-7-8-20-42-21-17-29(18-22-42)40-37-41-32-9-5-6-10-33(32)44(37)25-26-11-14-28(38)15-12-26/h5-6,9-16,23-24,29H,3-4,7-8,17-22,25H2,1-2H3,(H,39,45)(H,40,41). The molecule has 9 nitrogen and oxygen atoms in total. The summed E-state index contributed by atoms with van der Waals surface area (Å²) in [7, 11) is 0. The van der Waals surface area contributed by atoms with E-state index in [2.05, 4.69) is 44.9 Å². The van der Waals surface area contributed by atoms with Crippen LogP contribution in [0, 0.1) is 5.82 Å². The van der Waals surface area contributed by atoms with E-state index in [0.717, 1.165) is 92.0 Å². The molecule has 2 N–H and O–H groups in total. The number of likely N-dealkylation sites (tertiary alicyclic amines) is 1. The van der Waals surface area contributed by atoms with Crippen molar-refractivity contribution in [1.82, 2.24) is 19.8 Å². The summed E-state index contributed by atoms with van der Waals surface area (Å²) in [6.45, 7) is 9.91. The molecule has 1 aliphatic rings. The lowest BCUT2D eigenvalue weighted by molar-refractivity contribution is 0.0949. The Morgan fingerprint density at radius 3 is 2.53 bits per heavy atom. The Balaban J connectivity index is 0.957. The number of halogens is 1. The molecule has 47 heavy (non-hydrogen) atoms. The van der Waals surface area contributed by atoms with Crippen LogP contribution in [-0.4, -0.2) is 65.7 Å². The van der Waals surface area contributed by atoms with Gasteiger partial charge in [0.2, 0.25) is 5.95 Å². The molecule has 6 rings (SSSR count). The average molecular weight is 639 g/mol. The zero-order chi connectivity index (χ0) is 32.8. The Labute approximate surface area is 274 Å². The molecule has 1 saturated heterocycles. The van der Waals surface area contributed by atoms with Crippen LogP contribution in [0.3, 0.4) is 0 Å². The van der Waals surface area contributed by atoms with E-state index in [-0.39, 0.29) is 11.4 Å². The number of piperidine rings is 1. The van der Waals surface area contributed by atoms with Gasteiger partial charge >= 0.3 is 5.63 Å². The van der Waals surface area contributed by atoms with Crippen molar-refractivity contribution in [3.05, 3.63) is 100 Å². The number of amides is 1. The van der Waals surface area contributed by atoms with Crippen molar-refractivity contribution in [3.8, 4) is 0 Å². The van der Waals surface area contributed by atoms with Gasteiger partial charge in [0.1, 0.15) is 17.0 Å². The first-order chi connectivity index (χ1) is 22.9. The molecule has 2 aromatic heterocycles. The van der Waals surface area contributed by atoms with Crippen LogP contribution < -0.4 is 21.2 Å². The number of imidazole rings is 1. The van der Waals surface area contributed by atoms with Gasteiger partial charge in [-0.1, -0.05) is 24.3 Å². The summed E-state index contributed by atoms with van der Waals surface area (Å²) < 4.78 is 21.2. The predicted molar refractivity (Wildman–Crippen MR) is 186 cm³/mol. The van der Waals surface area contributed by atoms with E-state index in [4.69, 9.17) is 9.40 Å². The smallest absolute Gasteiger partial charge is 0.349 e. The molecule has 10 heteroatoms. The summed E-state index contributed by atoms with van der Waals surface area (Å²) in [5.74, 6) is 0.208. The van der Waals surface area contributed by atoms with Gasteiger partial charge in [0.15, 0.2) is 0 Å². The van der Waals surface area contributed by atoms with E-state index >= 15 is 0 Å². The van der Waals surface area contributed by atoms with Crippen LogP contribution in [0.2, 0.25) is 0 Å². The van der Waals surface area contributed by atoms with E-state index in [1.807, 2.05) is 48.5 Å². The molecular weight excluding hydrogens is 595 g/mol. The minimum Gasteiger partial charge on any atom is -0.422 e. The number of nitrogens with zero attached hydrogens (tertiary/aromatic N) is 4. The summed E-state index contributed by atoms with van der Waals surface area (Å²) in [5, 5.41) is 7.32. The first-order valence-electron chi connectivity index (χ1n) is 16.7. The molecule has 1 amide bonds. The number of unbranched alkanes of at least 4 members (excludes halogenated alkanes) is 1. The fraction of sp³-hybridized carbons (Fsp3) is 0.378. The monoisotopic (exact) mass is 638 g/mol. The highest BCUT2D eigenvalue weighted by molar-refractivity contribution is 5.97. The summed E-state index contributed by atoms with van der Waals surface area (Å²) >= 11 is 0. The van der Waals surface area contributed by atoms with E-state index in [1.165, 1.54) is 12.1 Å². The third kappa shape index (κ3) is 7.65. The lowest BCUT2D eigenvalue weighted by Gasteiger charge is -2.32. The number of rotatable bonds is 13. The lowest BCUT2D eigenvalue weighted by atomic mass is 10.0. The van der Waals surface area contributed by atoms with Crippen LogP contribution in [0.1, 0.15) is 55.5 Å². The van der Waals surface area contributed by atoms with Crippen LogP contribution in [-0.2, 0) is 6.54 Å². The van der Waals surface area contributed by atoms with Gasteiger partial charge in [-0.05, 0) is 94.1 Å². The van der Waals surface area contributed by atoms with Crippen molar-refractivity contribution in [1.29, 1.82) is 0 Å². The molecule has 0 unspecified atom stereocenters. The van der Waals surface area contributed by atoms with Gasteiger partial charge in [-0.25, -0.2) is 14.2 Å². The zero-order valence-electron chi connectivity index (χ0n) is 27.2. The largest absolute Gasteiger partial charge is 0.422 e. The Morgan fingerprint density at radius 2 is 1.77 bits per heavy atom. The van der Waals surface area contributed by atoms with Crippen molar-refractivity contribution >= 4 is 39.5 Å². The minimum atomic E-state index is -0.616. The highest BCUT2D eigenvalue weighted by Gasteiger charge is 2.22. The zero-order valence-corrected chi connectivity index (χ0v) is 27.2. The quantitative estimate of drug-likeness (QED) is 0.116. The van der Waals surface area contributed by atoms with Gasteiger partial charge in [-0.2, -0.15) is 0 Å². The van der Waals surface area contributed by atoms with Crippen molar-refractivity contribution in [3.63, 3.8) is 0 Å². The van der Waals surface area contributed by atoms with Crippen molar-refractivity contribution in [2.24, 2.45) is 0 Å². The molecular formula is C37H43FN6O3. The molecule has 0 atom stereocenters. The number of carbonyl (C=O) groups excluding carboxylic acids is 1. The fourth-order valence-electron chi connectivity index (χ4n) is 6.40. The molecule has 1 fully saturated rings. The highest BCUT2D eigenvalue weighted by atomic mass is 19.1. The Hall–Kier alpha value is -4.70. The number of carbonyl (C=O) groups is 1. The van der Waals surface area contributed by atoms with Crippen LogP contribution in [0.5, 0.6) is 0 Å². The van der Waals surface area contributed by atoms with Crippen molar-refractivity contribution in [2.45, 2.75) is 52.1 Å². The predicted octanol–water partition coefficient (Wildman–Crippen LogP) is 6.26. The lowest BCUT2D eigenvalue weighted by Crippen LogP contribution is -2.40. The molecule has 0 radical (unpaired) electrons. The van der Waals surface area contributed by atoms with E-state index in [0.29, 0.717) is 24.7 Å². The third-order valence-corrected chi connectivity index (χ3v) is 9.11. The number of anilines is 2. The van der Waals surface area contributed by atoms with Crippen LogP contribution in [0.4, 0.5) is 16.0 Å². The molecule has 0 bridgehead atoms. The Morgan fingerprint density at radius 1 is 1.00 bits per heavy atom. The van der Waals surface area contributed by atoms with Gasteiger partial charge in [0.25, 0.3) is 5.91 Å². The van der Waals surface area contributed by atoms with Gasteiger partial charge in [0, 0.05) is 55.9 Å². The second-order valence-corrected chi connectivity index (χ2v) is 12.2. The summed E-state index contributed by atoms with van der Waals surface area (Å²) in [6, 6.07) is 22.4. The van der Waals surface area contributed by atoms with Crippen LogP contribution in [0.15, 0.2) is 82.0 Å². The van der Waals surface area contributed by atoms with E-state index in [9.17, 15) is 14.0 Å². The molecule has 0 saturated carbocycles. The molecule has 0 aliphatic carbocycles. The van der Waals surface area contributed by atoms with E-state index in [1.54, 1.807) is 6.07 Å². The number of para-hydroxylation sites is 2. The number of benzene rings is 3. The molecule has 3 aromatic carbocycles. The SMILES string of the molecule is CCN(CC)c1ccc2cc(C(=O)NCCCCN3CCC(Nc4nc5ccccc5n4Cc4ccc(F)cc4)CC3)c(=O)oc2c1. The minimum absolute atomic E-state index is 0.0360. The maximum absolute atomic E-state index is 13.5. The average Bonchev–Trinajstić information content (AvgIpc) is 3.42. The summed E-state index contributed by atoms with van der Waals surface area (Å²) in [6.07, 6.45) is 3.78. The van der Waals surface area contributed by atoms with Crippen LogP contribution >= 0.6 is 0 Å². The molecule has 3 heterocycles. The number of fused-ring (bicyclic) bond motifs is 2. The van der Waals surface area contributed by atoms with Gasteiger partial charge in [-0.3, -0.25) is 4.79 Å². The maximum Gasteiger partial charge on any atom is 0.349 e. The number of hydrogen-bond acceptors (Lipinski definition) is 7. The van der Waals surface area contributed by atoms with Crippen molar-refractivity contribution < 1.29 is 13.6 Å². The highest BCUT2D eigenvalue weighted by Crippen LogP contribution is 2.25. The summed E-state index contributed by atoms with van der Waals surface area (Å²) in [5.41, 5.74) is 3.90. The van der Waals surface area contributed by atoms with Crippen molar-refractivity contribution in [2.75, 3.05) is 49.5 Å². The number of hydrogen-bond donors (Lipinski definition) is 2. The van der Waals surface area contributed by atoms with Crippen LogP contribution in [0.25, 0.3) is 22.0 Å². The second-order valence-electron chi connectivity index (χ2n) is 12.2. The number of nitrogens with one attached hydrogen (secondary N) is 2. The maximum atomic E-state index is 13.5. The number of aromatic nitrogens is 2. The molecule has 1 aliphatic heterocycles. The van der Waals surface area contributed by atoms with Gasteiger partial charge in [-0.15, -0.1) is 0 Å². The fourth-order valence-corrected chi connectivity index (χ4v) is 6.40. The first kappa shape index (κ1) is 32.2. The van der Waals surface area contributed by atoms with Gasteiger partial charge in [0.05, 0.1) is 17.6 Å². The van der Waals surface area contributed by atoms with Gasteiger partial charge < -0.3 is 29.4 Å². The van der Waals surface area contributed by atoms with E-state index < -0.39 is 11.5 Å². The molecule has 246 valence electrons. The third-order valence-electron chi connectivity index (χ3n) is 9.11. The topological polar surface area (TPSA) is 95.6 Å². The second kappa shape index (κ2) is 14.8. The molecule has 5 aromatic rings. The normalized spacial score (nSPS) is 14.1. The molecule has 0 spiro atoms. The summed E-state index contributed by atoms with van der Waals surface area (Å²) in [4.78, 5) is 35.0. The Kier molecular flexibility index (Phi) is 10.2. The first-order valence-corrected chi connectivity index (χ1v) is 16.7. The Bertz CT molecular complexity index is 1870.